The van der Waals surface area contributed by atoms with E-state index in [1.54, 1.807) is 24.3 Å². The zero-order valence-electron chi connectivity index (χ0n) is 17.2. The minimum atomic E-state index is -3.32. The standard InChI is InChI=1S/C25H22ClNO3S/c1-18-13-24(27(16-18)21-9-6-10-22(15-21)31(2,28)29)23-14-20(26)11-12-25(23)30-17-19-7-4-3-5-8-19/h3-16H,17H2,1-2H3. The quantitative estimate of drug-likeness (QED) is 0.356. The number of benzene rings is 3. The van der Waals surface area contributed by atoms with E-state index in [0.29, 0.717) is 17.4 Å². The van der Waals surface area contributed by atoms with Gasteiger partial charge in [0.05, 0.1) is 10.6 Å². The van der Waals surface area contributed by atoms with Crippen LogP contribution in [0.5, 0.6) is 5.75 Å². The van der Waals surface area contributed by atoms with Crippen molar-refractivity contribution in [2.75, 3.05) is 6.26 Å². The number of aryl methyl sites for hydroxylation is 1. The van der Waals surface area contributed by atoms with Gasteiger partial charge in [-0.05, 0) is 60.5 Å². The normalized spacial score (nSPS) is 11.5. The number of ether oxygens (including phenoxy) is 1. The largest absolute Gasteiger partial charge is 0.488 e. The molecule has 0 saturated carbocycles. The van der Waals surface area contributed by atoms with Crippen molar-refractivity contribution in [3.05, 3.63) is 101 Å². The van der Waals surface area contributed by atoms with Crippen LogP contribution in [0.3, 0.4) is 0 Å². The molecule has 0 aliphatic heterocycles. The Balaban J connectivity index is 1.79. The summed E-state index contributed by atoms with van der Waals surface area (Å²) in [5, 5.41) is 0.595. The molecule has 0 fully saturated rings. The first-order valence-corrected chi connectivity index (χ1v) is 12.0. The third kappa shape index (κ3) is 4.84. The molecule has 0 bridgehead atoms. The predicted molar refractivity (Wildman–Crippen MR) is 125 cm³/mol. The molecule has 0 saturated heterocycles. The van der Waals surface area contributed by atoms with Crippen molar-refractivity contribution < 1.29 is 13.2 Å². The first-order valence-electron chi connectivity index (χ1n) is 9.77. The lowest BCUT2D eigenvalue weighted by Gasteiger charge is -2.15. The van der Waals surface area contributed by atoms with Crippen LogP contribution in [0.2, 0.25) is 5.02 Å². The van der Waals surface area contributed by atoms with Crippen molar-refractivity contribution in [1.82, 2.24) is 4.57 Å². The van der Waals surface area contributed by atoms with Gasteiger partial charge in [0.2, 0.25) is 0 Å². The van der Waals surface area contributed by atoms with Gasteiger partial charge in [-0.15, -0.1) is 0 Å². The van der Waals surface area contributed by atoms with Crippen molar-refractivity contribution in [2.24, 2.45) is 0 Å². The molecular formula is C25H22ClNO3S. The second-order valence-electron chi connectivity index (χ2n) is 7.46. The summed E-state index contributed by atoms with van der Waals surface area (Å²) in [4.78, 5) is 0.272. The third-order valence-corrected chi connectivity index (χ3v) is 6.28. The highest BCUT2D eigenvalue weighted by Gasteiger charge is 2.16. The average molecular weight is 452 g/mol. The summed E-state index contributed by atoms with van der Waals surface area (Å²) in [6.07, 6.45) is 3.18. The van der Waals surface area contributed by atoms with Gasteiger partial charge in [0, 0.05) is 28.7 Å². The van der Waals surface area contributed by atoms with Gasteiger partial charge < -0.3 is 9.30 Å². The van der Waals surface area contributed by atoms with Crippen LogP contribution < -0.4 is 4.74 Å². The van der Waals surface area contributed by atoms with E-state index >= 15 is 0 Å². The Morgan fingerprint density at radius 1 is 0.935 bits per heavy atom. The van der Waals surface area contributed by atoms with Crippen LogP contribution in [0, 0.1) is 6.92 Å². The Bertz CT molecular complexity index is 1330. The Morgan fingerprint density at radius 2 is 1.71 bits per heavy atom. The van der Waals surface area contributed by atoms with Gasteiger partial charge in [-0.3, -0.25) is 0 Å². The number of halogens is 1. The van der Waals surface area contributed by atoms with E-state index in [2.05, 4.69) is 0 Å². The Kier molecular flexibility index (Phi) is 5.90. The molecule has 0 aliphatic carbocycles. The molecule has 31 heavy (non-hydrogen) atoms. The van der Waals surface area contributed by atoms with Crippen molar-refractivity contribution in [2.45, 2.75) is 18.4 Å². The van der Waals surface area contributed by atoms with Crippen LogP contribution in [0.4, 0.5) is 0 Å². The van der Waals surface area contributed by atoms with E-state index in [1.165, 1.54) is 6.26 Å². The molecule has 0 unspecified atom stereocenters. The summed E-state index contributed by atoms with van der Waals surface area (Å²) in [7, 11) is -3.32. The summed E-state index contributed by atoms with van der Waals surface area (Å²) < 4.78 is 32.2. The van der Waals surface area contributed by atoms with E-state index in [1.807, 2.05) is 72.3 Å². The Labute approximate surface area is 187 Å². The molecule has 4 nitrogen and oxygen atoms in total. The lowest BCUT2D eigenvalue weighted by Crippen LogP contribution is -2.02. The number of sulfone groups is 1. The maximum Gasteiger partial charge on any atom is 0.175 e. The van der Waals surface area contributed by atoms with E-state index in [9.17, 15) is 8.42 Å². The average Bonchev–Trinajstić information content (AvgIpc) is 3.14. The van der Waals surface area contributed by atoms with Gasteiger partial charge in [-0.25, -0.2) is 8.42 Å². The molecule has 4 aromatic rings. The second-order valence-corrected chi connectivity index (χ2v) is 9.91. The Morgan fingerprint density at radius 3 is 2.45 bits per heavy atom. The van der Waals surface area contributed by atoms with Crippen LogP contribution in [0.1, 0.15) is 11.1 Å². The molecule has 4 rings (SSSR count). The summed E-state index contributed by atoms with van der Waals surface area (Å²) in [6.45, 7) is 2.42. The fraction of sp³-hybridized carbons (Fsp3) is 0.120. The van der Waals surface area contributed by atoms with Crippen LogP contribution in [0.25, 0.3) is 16.9 Å². The highest BCUT2D eigenvalue weighted by Crippen LogP contribution is 2.36. The summed E-state index contributed by atoms with van der Waals surface area (Å²) in [5.74, 6) is 0.701. The van der Waals surface area contributed by atoms with Crippen molar-refractivity contribution >= 4 is 21.4 Å². The number of rotatable bonds is 6. The van der Waals surface area contributed by atoms with Gasteiger partial charge >= 0.3 is 0 Å². The molecule has 3 aromatic carbocycles. The molecule has 0 radical (unpaired) electrons. The van der Waals surface area contributed by atoms with Gasteiger partial charge in [-0.1, -0.05) is 48.0 Å². The third-order valence-electron chi connectivity index (χ3n) is 4.94. The smallest absolute Gasteiger partial charge is 0.175 e. The molecule has 1 aromatic heterocycles. The molecule has 0 spiro atoms. The summed E-state index contributed by atoms with van der Waals surface area (Å²) >= 11 is 6.33. The van der Waals surface area contributed by atoms with Crippen molar-refractivity contribution in [3.8, 4) is 22.7 Å². The van der Waals surface area contributed by atoms with Gasteiger partial charge in [0.25, 0.3) is 0 Å². The van der Waals surface area contributed by atoms with Gasteiger partial charge in [0.1, 0.15) is 12.4 Å². The van der Waals surface area contributed by atoms with Crippen LogP contribution in [0.15, 0.2) is 90.0 Å². The van der Waals surface area contributed by atoms with Crippen LogP contribution in [-0.2, 0) is 16.4 Å². The van der Waals surface area contributed by atoms with Crippen molar-refractivity contribution in [1.29, 1.82) is 0 Å². The monoisotopic (exact) mass is 451 g/mol. The van der Waals surface area contributed by atoms with Gasteiger partial charge in [-0.2, -0.15) is 0 Å². The maximum atomic E-state index is 12.0. The highest BCUT2D eigenvalue weighted by molar-refractivity contribution is 7.90. The zero-order chi connectivity index (χ0) is 22.0. The number of hydrogen-bond acceptors (Lipinski definition) is 3. The molecule has 158 valence electrons. The predicted octanol–water partition coefficient (Wildman–Crippen LogP) is 6.09. The fourth-order valence-electron chi connectivity index (χ4n) is 3.44. The molecular weight excluding hydrogens is 430 g/mol. The number of aromatic nitrogens is 1. The lowest BCUT2D eigenvalue weighted by atomic mass is 10.1. The number of hydrogen-bond donors (Lipinski definition) is 0. The molecule has 0 amide bonds. The highest BCUT2D eigenvalue weighted by atomic mass is 35.5. The first kappa shape index (κ1) is 21.2. The molecule has 0 aliphatic rings. The fourth-order valence-corrected chi connectivity index (χ4v) is 4.28. The van der Waals surface area contributed by atoms with E-state index in [4.69, 9.17) is 16.3 Å². The van der Waals surface area contributed by atoms with E-state index < -0.39 is 9.84 Å². The maximum absolute atomic E-state index is 12.0. The summed E-state index contributed by atoms with van der Waals surface area (Å²) in [6, 6.07) is 24.4. The molecule has 1 heterocycles. The zero-order valence-corrected chi connectivity index (χ0v) is 18.8. The topological polar surface area (TPSA) is 48.3 Å². The molecule has 0 atom stereocenters. The van der Waals surface area contributed by atoms with E-state index in [-0.39, 0.29) is 4.90 Å². The van der Waals surface area contributed by atoms with Gasteiger partial charge in [0.15, 0.2) is 9.84 Å². The van der Waals surface area contributed by atoms with Crippen LogP contribution in [-0.4, -0.2) is 19.2 Å². The molecule has 0 N–H and O–H groups in total. The SMILES string of the molecule is Cc1cc(-c2cc(Cl)ccc2OCc2ccccc2)n(-c2cccc(S(C)(=O)=O)c2)c1. The second kappa shape index (κ2) is 8.61. The van der Waals surface area contributed by atoms with Crippen molar-refractivity contribution in [3.63, 3.8) is 0 Å². The number of nitrogens with zero attached hydrogens (tertiary/aromatic N) is 1. The van der Waals surface area contributed by atoms with E-state index in [0.717, 1.165) is 28.1 Å². The van der Waals surface area contributed by atoms with Crippen LogP contribution >= 0.6 is 11.6 Å². The lowest BCUT2D eigenvalue weighted by molar-refractivity contribution is 0.307. The first-order chi connectivity index (χ1) is 14.8. The summed E-state index contributed by atoms with van der Waals surface area (Å²) in [5.41, 5.74) is 4.56. The minimum Gasteiger partial charge on any atom is -0.488 e. The minimum absolute atomic E-state index is 0.272. The Hall–Kier alpha value is -3.02. The molecule has 6 heteroatoms.